The van der Waals surface area contributed by atoms with Gasteiger partial charge in [0.05, 0.1) is 5.41 Å². The summed E-state index contributed by atoms with van der Waals surface area (Å²) >= 11 is 0. The van der Waals surface area contributed by atoms with Gasteiger partial charge in [0.25, 0.3) is 6.47 Å². The van der Waals surface area contributed by atoms with Crippen molar-refractivity contribution in [3.8, 4) is 0 Å². The Morgan fingerprint density at radius 3 is 2.31 bits per heavy atom. The second-order valence-corrected chi connectivity index (χ2v) is 9.36. The molecule has 2 aliphatic rings. The Morgan fingerprint density at radius 2 is 1.69 bits per heavy atom. The summed E-state index contributed by atoms with van der Waals surface area (Å²) in [5.74, 6) is -0.589. The molecule has 0 saturated heterocycles. The van der Waals surface area contributed by atoms with Crippen molar-refractivity contribution in [3.05, 3.63) is 34.9 Å². The van der Waals surface area contributed by atoms with Gasteiger partial charge in [0.2, 0.25) is 0 Å². The number of rotatable bonds is 15. The molecule has 1 aromatic carbocycles. The molecule has 0 spiro atoms. The highest BCUT2D eigenvalue weighted by Crippen LogP contribution is 2.50. The van der Waals surface area contributed by atoms with Crippen LogP contribution in [0, 0.1) is 12.3 Å². The van der Waals surface area contributed by atoms with Gasteiger partial charge >= 0.3 is 5.97 Å². The van der Waals surface area contributed by atoms with Gasteiger partial charge in [-0.3, -0.25) is 9.59 Å². The summed E-state index contributed by atoms with van der Waals surface area (Å²) in [4.78, 5) is 21.7. The summed E-state index contributed by atoms with van der Waals surface area (Å²) in [6, 6.07) is 6.88. The summed E-state index contributed by atoms with van der Waals surface area (Å²) in [6.07, 6.45) is 14.7. The number of carbonyl (C=O) groups is 2. The maximum atomic E-state index is 11.2. The molecule has 1 N–H and O–H groups in total. The van der Waals surface area contributed by atoms with Crippen LogP contribution in [0.2, 0.25) is 0 Å². The van der Waals surface area contributed by atoms with Gasteiger partial charge in [0.1, 0.15) is 5.60 Å². The van der Waals surface area contributed by atoms with Crippen molar-refractivity contribution in [2.45, 2.75) is 102 Å². The van der Waals surface area contributed by atoms with Crippen molar-refractivity contribution in [2.75, 3.05) is 0 Å². The van der Waals surface area contributed by atoms with E-state index in [1.807, 2.05) is 0 Å². The number of hydrogen-bond acceptors (Lipinski definition) is 3. The van der Waals surface area contributed by atoms with Gasteiger partial charge in [0.15, 0.2) is 0 Å². The van der Waals surface area contributed by atoms with Crippen LogP contribution in [-0.2, 0) is 27.2 Å². The first-order valence-electron chi connectivity index (χ1n) is 11.4. The van der Waals surface area contributed by atoms with E-state index in [4.69, 9.17) is 4.74 Å². The Morgan fingerprint density at radius 1 is 1.00 bits per heavy atom. The maximum Gasteiger partial charge on any atom is 0.309 e. The molecular weight excluding hydrogens is 364 g/mol. The van der Waals surface area contributed by atoms with Crippen LogP contribution in [0.5, 0.6) is 0 Å². The van der Waals surface area contributed by atoms with E-state index in [0.717, 1.165) is 77.0 Å². The van der Waals surface area contributed by atoms with Crippen LogP contribution in [0.15, 0.2) is 18.2 Å². The number of carboxylic acids is 1. The summed E-state index contributed by atoms with van der Waals surface area (Å²) < 4.78 is 5.22. The van der Waals surface area contributed by atoms with Gasteiger partial charge in [-0.15, -0.1) is 0 Å². The lowest BCUT2D eigenvalue weighted by Crippen LogP contribution is -2.14. The molecule has 2 aliphatic carbocycles. The molecule has 0 aliphatic heterocycles. The highest BCUT2D eigenvalue weighted by Gasteiger charge is 2.49. The number of carboxylic acid groups (broad SMARTS) is 1. The number of aliphatic carboxylic acids is 1. The predicted octanol–water partition coefficient (Wildman–Crippen LogP) is 5.77. The number of hydrogen-bond donors (Lipinski definition) is 1. The molecule has 4 heteroatoms. The zero-order valence-corrected chi connectivity index (χ0v) is 17.9. The van der Waals surface area contributed by atoms with E-state index in [9.17, 15) is 14.7 Å². The fraction of sp³-hybridized carbons (Fsp3) is 0.680. The van der Waals surface area contributed by atoms with Gasteiger partial charge < -0.3 is 9.84 Å². The minimum absolute atomic E-state index is 0.118. The third-order valence-corrected chi connectivity index (χ3v) is 7.02. The van der Waals surface area contributed by atoms with Crippen LogP contribution in [0.1, 0.15) is 93.7 Å². The number of aryl methyl sites for hydroxylation is 3. The van der Waals surface area contributed by atoms with Gasteiger partial charge in [-0.1, -0.05) is 37.5 Å². The van der Waals surface area contributed by atoms with Crippen molar-refractivity contribution >= 4 is 12.4 Å². The van der Waals surface area contributed by atoms with E-state index in [2.05, 4.69) is 25.1 Å². The molecule has 2 fully saturated rings. The van der Waals surface area contributed by atoms with Crippen LogP contribution in [-0.4, -0.2) is 23.1 Å². The van der Waals surface area contributed by atoms with E-state index in [1.54, 1.807) is 0 Å². The van der Waals surface area contributed by atoms with E-state index >= 15 is 0 Å². The monoisotopic (exact) mass is 400 g/mol. The highest BCUT2D eigenvalue weighted by molar-refractivity contribution is 5.77. The first kappa shape index (κ1) is 21.9. The molecule has 0 unspecified atom stereocenters. The Balaban J connectivity index is 1.29. The highest BCUT2D eigenvalue weighted by atomic mass is 16.5. The minimum atomic E-state index is -0.589. The van der Waals surface area contributed by atoms with Gasteiger partial charge in [-0.2, -0.15) is 0 Å². The third-order valence-electron chi connectivity index (χ3n) is 7.02. The molecule has 29 heavy (non-hydrogen) atoms. The number of unbranched alkanes of at least 4 members (excludes halogenated alkanes) is 4. The largest absolute Gasteiger partial charge is 0.481 e. The van der Waals surface area contributed by atoms with E-state index in [1.165, 1.54) is 29.5 Å². The molecule has 0 heterocycles. The van der Waals surface area contributed by atoms with Gasteiger partial charge in [-0.05, 0) is 94.2 Å². The van der Waals surface area contributed by atoms with E-state index in [0.29, 0.717) is 6.47 Å². The Kier molecular flexibility index (Phi) is 7.37. The van der Waals surface area contributed by atoms with Crippen molar-refractivity contribution in [2.24, 2.45) is 5.41 Å². The van der Waals surface area contributed by atoms with Gasteiger partial charge in [0, 0.05) is 0 Å². The van der Waals surface area contributed by atoms with E-state index in [-0.39, 0.29) is 11.0 Å². The predicted molar refractivity (Wildman–Crippen MR) is 114 cm³/mol. The second kappa shape index (κ2) is 9.77. The first-order valence-corrected chi connectivity index (χ1v) is 11.4. The summed E-state index contributed by atoms with van der Waals surface area (Å²) in [5, 5.41) is 9.21. The van der Waals surface area contributed by atoms with Crippen LogP contribution in [0.3, 0.4) is 0 Å². The first-order chi connectivity index (χ1) is 14.0. The fourth-order valence-corrected chi connectivity index (χ4v) is 4.49. The number of ether oxygens (including phenoxy) is 1. The Hall–Kier alpha value is -1.84. The Bertz CT molecular complexity index is 701. The molecular formula is C25H36O4. The average molecular weight is 401 g/mol. The van der Waals surface area contributed by atoms with Crippen LogP contribution in [0.25, 0.3) is 0 Å². The zero-order chi connectivity index (χ0) is 20.7. The number of benzene rings is 1. The second-order valence-electron chi connectivity index (χ2n) is 9.36. The zero-order valence-electron chi connectivity index (χ0n) is 17.9. The molecule has 0 radical (unpaired) electrons. The lowest BCUT2D eigenvalue weighted by Gasteiger charge is -2.13. The molecule has 0 atom stereocenters. The molecule has 3 rings (SSSR count). The third kappa shape index (κ3) is 6.32. The molecule has 160 valence electrons. The maximum absolute atomic E-state index is 11.2. The SMILES string of the molecule is Cc1cc(CCCCCCC2(C(=O)O)CC2)ccc1CCCCC1(OC=O)CC1. The van der Waals surface area contributed by atoms with Crippen molar-refractivity contribution in [1.82, 2.24) is 0 Å². The average Bonchev–Trinajstić information content (AvgIpc) is 3.60. The van der Waals surface area contributed by atoms with E-state index < -0.39 is 5.97 Å². The smallest absolute Gasteiger partial charge is 0.309 e. The summed E-state index contributed by atoms with van der Waals surface area (Å²) in [6.45, 7) is 2.81. The normalized spacial score (nSPS) is 18.2. The van der Waals surface area contributed by atoms with Crippen LogP contribution in [0.4, 0.5) is 0 Å². The lowest BCUT2D eigenvalue weighted by molar-refractivity contribution is -0.143. The van der Waals surface area contributed by atoms with Crippen LogP contribution >= 0.6 is 0 Å². The quantitative estimate of drug-likeness (QED) is 0.300. The summed E-state index contributed by atoms with van der Waals surface area (Å²) in [7, 11) is 0. The lowest BCUT2D eigenvalue weighted by atomic mass is 9.95. The Labute approximate surface area is 175 Å². The molecule has 0 aromatic heterocycles. The molecule has 2 saturated carbocycles. The molecule has 1 aromatic rings. The summed E-state index contributed by atoms with van der Waals surface area (Å²) in [5.41, 5.74) is 3.75. The topological polar surface area (TPSA) is 63.6 Å². The molecule has 0 amide bonds. The van der Waals surface area contributed by atoms with Crippen molar-refractivity contribution in [1.29, 1.82) is 0 Å². The van der Waals surface area contributed by atoms with Crippen molar-refractivity contribution < 1.29 is 19.4 Å². The van der Waals surface area contributed by atoms with Crippen molar-refractivity contribution in [3.63, 3.8) is 0 Å². The number of carbonyl (C=O) groups excluding carboxylic acids is 1. The molecule has 0 bridgehead atoms. The minimum Gasteiger partial charge on any atom is -0.481 e. The molecule has 4 nitrogen and oxygen atoms in total. The standard InChI is InChI=1S/C25H36O4/c1-20-18-21(8-4-2-3-6-12-24(14-15-24)23(27)28)10-11-22(20)9-5-7-13-25(16-17-25)29-19-26/h10-11,18-19H,2-9,12-17H2,1H3,(H,27,28). The van der Waals surface area contributed by atoms with Crippen LogP contribution < -0.4 is 0 Å². The fourth-order valence-electron chi connectivity index (χ4n) is 4.49. The van der Waals surface area contributed by atoms with Gasteiger partial charge in [-0.25, -0.2) is 0 Å².